The maximum Gasteiger partial charge on any atom is 0.238 e. The molecular formula is C16H22Cl2N4O. The van der Waals surface area contributed by atoms with E-state index in [4.69, 9.17) is 23.2 Å². The van der Waals surface area contributed by atoms with E-state index in [1.54, 1.807) is 18.2 Å². The SMILES string of the molecule is O=C(CN1CCN(C2CCNC2)CC1)Nc1ccc(Cl)c(Cl)c1. The number of carbonyl (C=O) groups is 1. The third-order valence-electron chi connectivity index (χ3n) is 4.53. The lowest BCUT2D eigenvalue weighted by atomic mass is 10.2. The maximum atomic E-state index is 12.2. The molecule has 5 nitrogen and oxygen atoms in total. The fraction of sp³-hybridized carbons (Fsp3) is 0.562. The van der Waals surface area contributed by atoms with Crippen LogP contribution in [0.25, 0.3) is 0 Å². The molecule has 3 rings (SSSR count). The van der Waals surface area contributed by atoms with E-state index < -0.39 is 0 Å². The average molecular weight is 357 g/mol. The minimum atomic E-state index is -0.0145. The van der Waals surface area contributed by atoms with Crippen molar-refractivity contribution >= 4 is 34.8 Å². The first kappa shape index (κ1) is 17.0. The van der Waals surface area contributed by atoms with Crippen molar-refractivity contribution in [3.8, 4) is 0 Å². The van der Waals surface area contributed by atoms with Crippen LogP contribution in [0.3, 0.4) is 0 Å². The molecule has 2 aliphatic rings. The van der Waals surface area contributed by atoms with Crippen molar-refractivity contribution in [2.24, 2.45) is 0 Å². The molecule has 7 heteroatoms. The van der Waals surface area contributed by atoms with Gasteiger partial charge in [0.15, 0.2) is 0 Å². The molecule has 2 aliphatic heterocycles. The van der Waals surface area contributed by atoms with Gasteiger partial charge >= 0.3 is 0 Å². The average Bonchev–Trinajstić information content (AvgIpc) is 3.06. The first-order valence-electron chi connectivity index (χ1n) is 8.04. The van der Waals surface area contributed by atoms with Crippen molar-refractivity contribution in [2.75, 3.05) is 51.1 Å². The smallest absolute Gasteiger partial charge is 0.238 e. The molecule has 0 aliphatic carbocycles. The van der Waals surface area contributed by atoms with Crippen molar-refractivity contribution in [2.45, 2.75) is 12.5 Å². The Balaban J connectivity index is 1.44. The third-order valence-corrected chi connectivity index (χ3v) is 5.27. The number of halogens is 2. The summed E-state index contributed by atoms with van der Waals surface area (Å²) in [7, 11) is 0. The molecule has 0 radical (unpaired) electrons. The van der Waals surface area contributed by atoms with E-state index in [0.29, 0.717) is 28.3 Å². The highest BCUT2D eigenvalue weighted by Gasteiger charge is 2.26. The Bertz CT molecular complexity index is 555. The largest absolute Gasteiger partial charge is 0.325 e. The summed E-state index contributed by atoms with van der Waals surface area (Å²) in [4.78, 5) is 16.9. The molecule has 1 aromatic rings. The monoisotopic (exact) mass is 356 g/mol. The number of amides is 1. The van der Waals surface area contributed by atoms with Crippen LogP contribution in [0, 0.1) is 0 Å². The molecule has 0 spiro atoms. The van der Waals surface area contributed by atoms with Crippen LogP contribution in [0.1, 0.15) is 6.42 Å². The minimum absolute atomic E-state index is 0.0145. The first-order valence-corrected chi connectivity index (χ1v) is 8.79. The highest BCUT2D eigenvalue weighted by molar-refractivity contribution is 6.42. The Morgan fingerprint density at radius 3 is 2.65 bits per heavy atom. The van der Waals surface area contributed by atoms with Crippen LogP contribution >= 0.6 is 23.2 Å². The topological polar surface area (TPSA) is 47.6 Å². The molecule has 23 heavy (non-hydrogen) atoms. The summed E-state index contributed by atoms with van der Waals surface area (Å²) in [6.45, 7) is 6.57. The highest BCUT2D eigenvalue weighted by Crippen LogP contribution is 2.25. The second kappa shape index (κ2) is 7.81. The van der Waals surface area contributed by atoms with Gasteiger partial charge in [-0.25, -0.2) is 0 Å². The Kier molecular flexibility index (Phi) is 5.77. The van der Waals surface area contributed by atoms with Gasteiger partial charge in [0.2, 0.25) is 5.91 Å². The summed E-state index contributed by atoms with van der Waals surface area (Å²) in [6, 6.07) is 5.79. The zero-order valence-corrected chi connectivity index (χ0v) is 14.5. The van der Waals surface area contributed by atoms with E-state index in [1.807, 2.05) is 0 Å². The molecule has 1 unspecified atom stereocenters. The molecule has 2 heterocycles. The van der Waals surface area contributed by atoms with Crippen molar-refractivity contribution in [1.82, 2.24) is 15.1 Å². The van der Waals surface area contributed by atoms with E-state index in [1.165, 1.54) is 6.42 Å². The van der Waals surface area contributed by atoms with Crippen molar-refractivity contribution < 1.29 is 4.79 Å². The zero-order chi connectivity index (χ0) is 16.2. The summed E-state index contributed by atoms with van der Waals surface area (Å²) < 4.78 is 0. The molecular weight excluding hydrogens is 335 g/mol. The van der Waals surface area contributed by atoms with Crippen LogP contribution in [0.2, 0.25) is 10.0 Å². The Morgan fingerprint density at radius 2 is 2.00 bits per heavy atom. The van der Waals surface area contributed by atoms with Gasteiger partial charge in [0, 0.05) is 44.5 Å². The van der Waals surface area contributed by atoms with Gasteiger partial charge in [0.1, 0.15) is 0 Å². The molecule has 0 saturated carbocycles. The molecule has 2 fully saturated rings. The van der Waals surface area contributed by atoms with Crippen LogP contribution < -0.4 is 10.6 Å². The number of rotatable bonds is 4. The van der Waals surface area contributed by atoms with Crippen LogP contribution in [0.4, 0.5) is 5.69 Å². The van der Waals surface area contributed by atoms with E-state index in [-0.39, 0.29) is 5.91 Å². The molecule has 0 bridgehead atoms. The Labute approximate surface area is 146 Å². The summed E-state index contributed by atoms with van der Waals surface area (Å²) in [5, 5.41) is 7.22. The number of anilines is 1. The molecule has 2 saturated heterocycles. The molecule has 1 amide bonds. The van der Waals surface area contributed by atoms with Crippen molar-refractivity contribution in [1.29, 1.82) is 0 Å². The predicted molar refractivity (Wildman–Crippen MR) is 94.4 cm³/mol. The molecule has 1 atom stereocenters. The van der Waals surface area contributed by atoms with Crippen LogP contribution in [0.5, 0.6) is 0 Å². The number of piperazine rings is 1. The summed E-state index contributed by atoms with van der Waals surface area (Å²) in [6.07, 6.45) is 1.23. The molecule has 2 N–H and O–H groups in total. The fourth-order valence-corrected chi connectivity index (χ4v) is 3.51. The van der Waals surface area contributed by atoms with E-state index in [2.05, 4.69) is 20.4 Å². The Morgan fingerprint density at radius 1 is 1.22 bits per heavy atom. The first-order chi connectivity index (χ1) is 11.1. The van der Waals surface area contributed by atoms with Gasteiger partial charge < -0.3 is 10.6 Å². The number of nitrogens with one attached hydrogen (secondary N) is 2. The van der Waals surface area contributed by atoms with Crippen molar-refractivity contribution in [3.05, 3.63) is 28.2 Å². The highest BCUT2D eigenvalue weighted by atomic mass is 35.5. The molecule has 1 aromatic carbocycles. The fourth-order valence-electron chi connectivity index (χ4n) is 3.22. The summed E-state index contributed by atoms with van der Waals surface area (Å²) >= 11 is 11.8. The predicted octanol–water partition coefficient (Wildman–Crippen LogP) is 1.91. The molecule has 0 aromatic heterocycles. The Hall–Kier alpha value is -0.850. The second-order valence-corrected chi connectivity index (χ2v) is 6.95. The van der Waals surface area contributed by atoms with Gasteiger partial charge in [-0.15, -0.1) is 0 Å². The number of hydrogen-bond acceptors (Lipinski definition) is 4. The van der Waals surface area contributed by atoms with E-state index >= 15 is 0 Å². The van der Waals surface area contributed by atoms with Gasteiger partial charge in [-0.05, 0) is 31.2 Å². The quantitative estimate of drug-likeness (QED) is 0.864. The maximum absolute atomic E-state index is 12.2. The molecule has 126 valence electrons. The lowest BCUT2D eigenvalue weighted by molar-refractivity contribution is -0.117. The number of hydrogen-bond donors (Lipinski definition) is 2. The van der Waals surface area contributed by atoms with E-state index in [0.717, 1.165) is 39.3 Å². The third kappa shape index (κ3) is 4.58. The van der Waals surface area contributed by atoms with E-state index in [9.17, 15) is 4.79 Å². The van der Waals surface area contributed by atoms with Gasteiger partial charge in [0.05, 0.1) is 16.6 Å². The zero-order valence-electron chi connectivity index (χ0n) is 13.0. The van der Waals surface area contributed by atoms with Gasteiger partial charge in [0.25, 0.3) is 0 Å². The van der Waals surface area contributed by atoms with Crippen molar-refractivity contribution in [3.63, 3.8) is 0 Å². The summed E-state index contributed by atoms with van der Waals surface area (Å²) in [5.74, 6) is -0.0145. The van der Waals surface area contributed by atoms with Crippen LogP contribution in [-0.4, -0.2) is 67.6 Å². The van der Waals surface area contributed by atoms with Gasteiger partial charge in [-0.1, -0.05) is 23.2 Å². The normalized spacial score (nSPS) is 23.1. The van der Waals surface area contributed by atoms with Crippen LogP contribution in [-0.2, 0) is 4.79 Å². The summed E-state index contributed by atoms with van der Waals surface area (Å²) in [5.41, 5.74) is 0.681. The van der Waals surface area contributed by atoms with Crippen LogP contribution in [0.15, 0.2) is 18.2 Å². The lowest BCUT2D eigenvalue weighted by Crippen LogP contribution is -2.52. The van der Waals surface area contributed by atoms with Gasteiger partial charge in [-0.2, -0.15) is 0 Å². The standard InChI is InChI=1S/C16H22Cl2N4O/c17-14-2-1-12(9-15(14)18)20-16(23)11-21-5-7-22(8-6-21)13-3-4-19-10-13/h1-2,9,13,19H,3-8,10-11H2,(H,20,23). The number of benzene rings is 1. The lowest BCUT2D eigenvalue weighted by Gasteiger charge is -2.37. The van der Waals surface area contributed by atoms with Gasteiger partial charge in [-0.3, -0.25) is 14.6 Å². The minimum Gasteiger partial charge on any atom is -0.325 e. The second-order valence-electron chi connectivity index (χ2n) is 6.14. The number of nitrogens with zero attached hydrogens (tertiary/aromatic N) is 2. The number of carbonyl (C=O) groups excluding carboxylic acids is 1.